The summed E-state index contributed by atoms with van der Waals surface area (Å²) in [4.78, 5) is 21.1. The fourth-order valence-electron chi connectivity index (χ4n) is 2.57. The van der Waals surface area contributed by atoms with Gasteiger partial charge in [-0.25, -0.2) is 4.98 Å². The monoisotopic (exact) mass is 341 g/mol. The van der Waals surface area contributed by atoms with Crippen molar-refractivity contribution in [1.82, 2.24) is 9.97 Å². The van der Waals surface area contributed by atoms with Gasteiger partial charge in [0.25, 0.3) is 5.91 Å². The summed E-state index contributed by atoms with van der Waals surface area (Å²) >= 11 is 0. The molecule has 5 nitrogen and oxygen atoms in total. The Hall–Kier alpha value is -3.73. The molecule has 0 radical (unpaired) electrons. The minimum atomic E-state index is -0.300. The first kappa shape index (κ1) is 15.8. The molecule has 0 aliphatic rings. The van der Waals surface area contributed by atoms with Gasteiger partial charge in [-0.3, -0.25) is 15.1 Å². The maximum absolute atomic E-state index is 12.5. The molecule has 4 rings (SSSR count). The van der Waals surface area contributed by atoms with Crippen LogP contribution in [0.5, 0.6) is 0 Å². The van der Waals surface area contributed by atoms with Crippen molar-refractivity contribution >= 4 is 11.8 Å². The molecule has 1 amide bonds. The van der Waals surface area contributed by atoms with Crippen molar-refractivity contribution in [2.24, 2.45) is 0 Å². The van der Waals surface area contributed by atoms with Crippen LogP contribution in [-0.4, -0.2) is 15.9 Å². The van der Waals surface area contributed by atoms with Crippen LogP contribution in [0.3, 0.4) is 0 Å². The lowest BCUT2D eigenvalue weighted by molar-refractivity contribution is 0.102. The van der Waals surface area contributed by atoms with Crippen LogP contribution in [-0.2, 0) is 0 Å². The van der Waals surface area contributed by atoms with Crippen molar-refractivity contribution in [3.8, 4) is 22.7 Å². The largest absolute Gasteiger partial charge is 0.420 e. The average Bonchev–Trinajstić information content (AvgIpc) is 3.14. The summed E-state index contributed by atoms with van der Waals surface area (Å²) in [6.07, 6.45) is 3.13. The number of carbonyl (C=O) groups is 1. The summed E-state index contributed by atoms with van der Waals surface area (Å²) in [6, 6.07) is 22.6. The number of carbonyl (C=O) groups excluding carboxylic acids is 1. The van der Waals surface area contributed by atoms with E-state index in [0.29, 0.717) is 23.0 Å². The second-order valence-corrected chi connectivity index (χ2v) is 5.62. The molecule has 2 heterocycles. The average molecular weight is 341 g/mol. The van der Waals surface area contributed by atoms with Gasteiger partial charge < -0.3 is 4.42 Å². The highest BCUT2D eigenvalue weighted by molar-refractivity contribution is 6.04. The zero-order chi connectivity index (χ0) is 17.8. The molecule has 1 N–H and O–H groups in total. The predicted molar refractivity (Wildman–Crippen MR) is 99.6 cm³/mol. The number of anilines is 1. The molecule has 0 saturated heterocycles. The van der Waals surface area contributed by atoms with Gasteiger partial charge in [-0.05, 0) is 24.3 Å². The van der Waals surface area contributed by atoms with E-state index < -0.39 is 0 Å². The molecule has 2 aromatic heterocycles. The van der Waals surface area contributed by atoms with Gasteiger partial charge in [-0.15, -0.1) is 0 Å². The highest BCUT2D eigenvalue weighted by Crippen LogP contribution is 2.32. The zero-order valence-electron chi connectivity index (χ0n) is 13.8. The first-order chi connectivity index (χ1) is 12.8. The molecule has 26 heavy (non-hydrogen) atoms. The van der Waals surface area contributed by atoms with E-state index in [2.05, 4.69) is 15.3 Å². The molecule has 4 aromatic rings. The molecule has 5 heteroatoms. The van der Waals surface area contributed by atoms with Crippen molar-refractivity contribution in [1.29, 1.82) is 0 Å². The van der Waals surface area contributed by atoms with Crippen LogP contribution in [0, 0.1) is 0 Å². The number of nitrogens with zero attached hydrogens (tertiary/aromatic N) is 2. The van der Waals surface area contributed by atoms with Gasteiger partial charge in [0, 0.05) is 23.5 Å². The van der Waals surface area contributed by atoms with Gasteiger partial charge in [0.15, 0.2) is 0 Å². The van der Waals surface area contributed by atoms with E-state index in [1.54, 1.807) is 18.3 Å². The number of benzene rings is 2. The van der Waals surface area contributed by atoms with Crippen LogP contribution >= 0.6 is 0 Å². The normalized spacial score (nSPS) is 10.5. The van der Waals surface area contributed by atoms with Gasteiger partial charge in [0.1, 0.15) is 5.69 Å². The highest BCUT2D eigenvalue weighted by Gasteiger charge is 2.19. The third kappa shape index (κ3) is 3.23. The van der Waals surface area contributed by atoms with Crippen molar-refractivity contribution in [2.45, 2.75) is 0 Å². The Labute approximate surface area is 150 Å². The first-order valence-electron chi connectivity index (χ1n) is 8.14. The van der Waals surface area contributed by atoms with Gasteiger partial charge >= 0.3 is 0 Å². The third-order valence-electron chi connectivity index (χ3n) is 3.85. The Balaban J connectivity index is 1.75. The minimum absolute atomic E-state index is 0.300. The number of rotatable bonds is 4. The second kappa shape index (κ2) is 7.03. The van der Waals surface area contributed by atoms with Crippen molar-refractivity contribution in [3.63, 3.8) is 0 Å². The van der Waals surface area contributed by atoms with E-state index >= 15 is 0 Å². The standard InChI is InChI=1S/C21H15N3O2/c25-19(17-12-7-13-22-14-17)24-21-18(15-8-3-1-4-9-15)23-20(26-21)16-10-5-2-6-11-16/h1-14H,(H,24,25). The molecule has 0 unspecified atom stereocenters. The van der Waals surface area contributed by atoms with Crippen molar-refractivity contribution in [2.75, 3.05) is 5.32 Å². The number of oxazole rings is 1. The molecular formula is C21H15N3O2. The quantitative estimate of drug-likeness (QED) is 0.586. The predicted octanol–water partition coefficient (Wildman–Crippen LogP) is 4.66. The van der Waals surface area contributed by atoms with Crippen LogP contribution in [0.15, 0.2) is 89.6 Å². The number of aromatic nitrogens is 2. The summed E-state index contributed by atoms with van der Waals surface area (Å²) < 4.78 is 5.88. The zero-order valence-corrected chi connectivity index (χ0v) is 13.8. The summed E-state index contributed by atoms with van der Waals surface area (Å²) in [5, 5.41) is 2.81. The SMILES string of the molecule is O=C(Nc1oc(-c2ccccc2)nc1-c1ccccc1)c1cccnc1. The number of nitrogens with one attached hydrogen (secondary N) is 1. The van der Waals surface area contributed by atoms with E-state index in [4.69, 9.17) is 4.42 Å². The summed E-state index contributed by atoms with van der Waals surface area (Å²) in [5.41, 5.74) is 2.73. The molecule has 0 spiro atoms. The highest BCUT2D eigenvalue weighted by atomic mass is 16.4. The summed E-state index contributed by atoms with van der Waals surface area (Å²) in [6.45, 7) is 0. The molecule has 0 aliphatic heterocycles. The van der Waals surface area contributed by atoms with Crippen molar-refractivity contribution < 1.29 is 9.21 Å². The lowest BCUT2D eigenvalue weighted by atomic mass is 10.1. The maximum Gasteiger partial charge on any atom is 0.259 e. The lowest BCUT2D eigenvalue weighted by Crippen LogP contribution is -2.12. The Morgan fingerprint density at radius 3 is 2.19 bits per heavy atom. The fourth-order valence-corrected chi connectivity index (χ4v) is 2.57. The number of hydrogen-bond acceptors (Lipinski definition) is 4. The Bertz CT molecular complexity index is 1010. The molecule has 126 valence electrons. The van der Waals surface area contributed by atoms with Gasteiger partial charge in [0.2, 0.25) is 11.8 Å². The van der Waals surface area contributed by atoms with E-state index in [1.165, 1.54) is 6.20 Å². The van der Waals surface area contributed by atoms with E-state index in [9.17, 15) is 4.79 Å². The van der Waals surface area contributed by atoms with Crippen LogP contribution in [0.2, 0.25) is 0 Å². The maximum atomic E-state index is 12.5. The number of amides is 1. The van der Waals surface area contributed by atoms with E-state index in [1.807, 2.05) is 60.7 Å². The van der Waals surface area contributed by atoms with Crippen LogP contribution in [0.25, 0.3) is 22.7 Å². The summed E-state index contributed by atoms with van der Waals surface area (Å²) in [7, 11) is 0. The molecular weight excluding hydrogens is 326 g/mol. The molecule has 2 aromatic carbocycles. The van der Waals surface area contributed by atoms with Gasteiger partial charge in [0.05, 0.1) is 5.56 Å². The van der Waals surface area contributed by atoms with Crippen molar-refractivity contribution in [3.05, 3.63) is 90.8 Å². The Kier molecular flexibility index (Phi) is 4.26. The van der Waals surface area contributed by atoms with Gasteiger partial charge in [-0.2, -0.15) is 0 Å². The van der Waals surface area contributed by atoms with Crippen LogP contribution in [0.4, 0.5) is 5.88 Å². The second-order valence-electron chi connectivity index (χ2n) is 5.62. The lowest BCUT2D eigenvalue weighted by Gasteiger charge is -2.03. The van der Waals surface area contributed by atoms with Crippen LogP contribution in [0.1, 0.15) is 10.4 Å². The number of hydrogen-bond donors (Lipinski definition) is 1. The Morgan fingerprint density at radius 2 is 1.54 bits per heavy atom. The minimum Gasteiger partial charge on any atom is -0.420 e. The topological polar surface area (TPSA) is 68.0 Å². The molecule has 0 saturated carbocycles. The molecule has 0 atom stereocenters. The smallest absolute Gasteiger partial charge is 0.259 e. The van der Waals surface area contributed by atoms with Crippen LogP contribution < -0.4 is 5.32 Å². The molecule has 0 fully saturated rings. The third-order valence-corrected chi connectivity index (χ3v) is 3.85. The molecule has 0 bridgehead atoms. The summed E-state index contributed by atoms with van der Waals surface area (Å²) in [5.74, 6) is 0.459. The Morgan fingerprint density at radius 1 is 0.846 bits per heavy atom. The van der Waals surface area contributed by atoms with Gasteiger partial charge in [-0.1, -0.05) is 48.5 Å². The number of pyridine rings is 1. The first-order valence-corrected chi connectivity index (χ1v) is 8.14. The van der Waals surface area contributed by atoms with E-state index in [0.717, 1.165) is 11.1 Å². The van der Waals surface area contributed by atoms with E-state index in [-0.39, 0.29) is 5.91 Å². The molecule has 0 aliphatic carbocycles. The fraction of sp³-hybridized carbons (Fsp3) is 0.